The van der Waals surface area contributed by atoms with E-state index < -0.39 is 0 Å². The molecule has 0 fully saturated rings. The molecule has 0 aliphatic rings. The number of hydrogen-bond donors (Lipinski definition) is 2. The van der Waals surface area contributed by atoms with Crippen LogP contribution in [0.1, 0.15) is 5.56 Å². The van der Waals surface area contributed by atoms with Crippen molar-refractivity contribution in [2.75, 3.05) is 7.11 Å². The van der Waals surface area contributed by atoms with E-state index in [4.69, 9.17) is 15.9 Å². The highest BCUT2D eigenvalue weighted by atomic mass is 79.9. The van der Waals surface area contributed by atoms with Crippen molar-refractivity contribution in [2.45, 2.75) is 0 Å². The molecule has 1 aromatic carbocycles. The van der Waals surface area contributed by atoms with Gasteiger partial charge in [-0.05, 0) is 28.1 Å². The zero-order valence-corrected chi connectivity index (χ0v) is 10.7. The molecule has 0 saturated heterocycles. The fourth-order valence-electron chi connectivity index (χ4n) is 1.49. The minimum atomic E-state index is -0.00530. The van der Waals surface area contributed by atoms with Crippen LogP contribution in [-0.4, -0.2) is 22.7 Å². The molecular weight excluding hydrogens is 284 g/mol. The van der Waals surface area contributed by atoms with Crippen LogP contribution in [0.3, 0.4) is 0 Å². The Balaban J connectivity index is 2.60. The zero-order chi connectivity index (χ0) is 12.4. The van der Waals surface area contributed by atoms with Crippen molar-refractivity contribution in [3.63, 3.8) is 0 Å². The van der Waals surface area contributed by atoms with Gasteiger partial charge in [0.1, 0.15) is 11.6 Å². The van der Waals surface area contributed by atoms with E-state index in [1.54, 1.807) is 42.4 Å². The molecule has 1 aromatic heterocycles. The fourth-order valence-corrected chi connectivity index (χ4v) is 1.77. The molecule has 0 amide bonds. The van der Waals surface area contributed by atoms with Crippen LogP contribution < -0.4 is 10.5 Å². The van der Waals surface area contributed by atoms with Gasteiger partial charge in [0.25, 0.3) is 0 Å². The third-order valence-corrected chi connectivity index (χ3v) is 2.70. The number of ether oxygens (including phenoxy) is 1. The van der Waals surface area contributed by atoms with Crippen molar-refractivity contribution in [3.8, 4) is 11.4 Å². The summed E-state index contributed by atoms with van der Waals surface area (Å²) in [6, 6.07) is 5.29. The highest BCUT2D eigenvalue weighted by Gasteiger charge is 2.10. The molecule has 3 N–H and O–H groups in total. The Hall–Kier alpha value is -1.82. The van der Waals surface area contributed by atoms with Crippen LogP contribution in [0.4, 0.5) is 0 Å². The monoisotopic (exact) mass is 294 g/mol. The fraction of sp³-hybridized carbons (Fsp3) is 0.0909. The van der Waals surface area contributed by atoms with E-state index in [0.717, 1.165) is 4.47 Å². The molecule has 0 radical (unpaired) electrons. The van der Waals surface area contributed by atoms with Gasteiger partial charge in [0.05, 0.1) is 23.5 Å². The van der Waals surface area contributed by atoms with Gasteiger partial charge >= 0.3 is 0 Å². The lowest BCUT2D eigenvalue weighted by molar-refractivity contribution is 0.414. The van der Waals surface area contributed by atoms with Crippen LogP contribution in [0.2, 0.25) is 0 Å². The third-order valence-electron chi connectivity index (χ3n) is 2.29. The third kappa shape index (κ3) is 2.31. The Labute approximate surface area is 107 Å². The van der Waals surface area contributed by atoms with Crippen molar-refractivity contribution in [2.24, 2.45) is 5.73 Å². The Kier molecular flexibility index (Phi) is 3.14. The topological polar surface area (TPSA) is 76.9 Å². The number of rotatable bonds is 3. The molecule has 0 atom stereocenters. The lowest BCUT2D eigenvalue weighted by Gasteiger charge is -2.10. The van der Waals surface area contributed by atoms with Gasteiger partial charge in [0.15, 0.2) is 0 Å². The molecule has 0 unspecified atom stereocenters. The first-order valence-corrected chi connectivity index (χ1v) is 5.64. The zero-order valence-electron chi connectivity index (χ0n) is 9.14. The van der Waals surface area contributed by atoms with Crippen LogP contribution in [0, 0.1) is 5.41 Å². The van der Waals surface area contributed by atoms with Crippen molar-refractivity contribution < 1.29 is 4.74 Å². The number of halogens is 1. The quantitative estimate of drug-likeness (QED) is 0.671. The molecule has 5 nitrogen and oxygen atoms in total. The second-order valence-corrected chi connectivity index (χ2v) is 4.32. The Morgan fingerprint density at radius 1 is 1.53 bits per heavy atom. The first-order chi connectivity index (χ1) is 8.11. The van der Waals surface area contributed by atoms with Crippen molar-refractivity contribution in [3.05, 3.63) is 40.6 Å². The summed E-state index contributed by atoms with van der Waals surface area (Å²) in [6.07, 6.45) is 3.46. The number of benzene rings is 1. The Morgan fingerprint density at radius 3 is 2.82 bits per heavy atom. The van der Waals surface area contributed by atoms with E-state index in [1.165, 1.54) is 0 Å². The molecule has 0 spiro atoms. The van der Waals surface area contributed by atoms with E-state index in [-0.39, 0.29) is 5.84 Å². The molecule has 0 aliphatic heterocycles. The number of aromatic nitrogens is 2. The number of nitrogens with one attached hydrogen (secondary N) is 1. The predicted octanol–water partition coefficient (Wildman–Crippen LogP) is 1.93. The van der Waals surface area contributed by atoms with Crippen LogP contribution in [0.5, 0.6) is 5.75 Å². The van der Waals surface area contributed by atoms with E-state index in [1.807, 2.05) is 0 Å². The second-order valence-electron chi connectivity index (χ2n) is 3.40. The molecule has 88 valence electrons. The van der Waals surface area contributed by atoms with Gasteiger partial charge in [-0.3, -0.25) is 5.41 Å². The maximum atomic E-state index is 7.54. The van der Waals surface area contributed by atoms with Crippen LogP contribution >= 0.6 is 15.9 Å². The molecule has 2 rings (SSSR count). The maximum absolute atomic E-state index is 7.54. The predicted molar refractivity (Wildman–Crippen MR) is 68.8 cm³/mol. The SMILES string of the molecule is COc1ccc(C(=N)N)c(-n2cc(Br)cn2)c1. The van der Waals surface area contributed by atoms with E-state index >= 15 is 0 Å². The largest absolute Gasteiger partial charge is 0.497 e. The van der Waals surface area contributed by atoms with E-state index in [2.05, 4.69) is 21.0 Å². The first kappa shape index (κ1) is 11.7. The summed E-state index contributed by atoms with van der Waals surface area (Å²) in [4.78, 5) is 0. The van der Waals surface area contributed by atoms with Crippen LogP contribution in [-0.2, 0) is 0 Å². The first-order valence-electron chi connectivity index (χ1n) is 4.85. The Morgan fingerprint density at radius 2 is 2.29 bits per heavy atom. The number of amidine groups is 1. The lowest BCUT2D eigenvalue weighted by atomic mass is 10.1. The number of methoxy groups -OCH3 is 1. The molecule has 17 heavy (non-hydrogen) atoms. The van der Waals surface area contributed by atoms with E-state index in [9.17, 15) is 0 Å². The van der Waals surface area contributed by atoms with Crippen molar-refractivity contribution in [1.29, 1.82) is 5.41 Å². The normalized spacial score (nSPS) is 10.2. The van der Waals surface area contributed by atoms with Gasteiger partial charge in [-0.25, -0.2) is 4.68 Å². The summed E-state index contributed by atoms with van der Waals surface area (Å²) >= 11 is 3.33. The average Bonchev–Trinajstić information content (AvgIpc) is 2.75. The summed E-state index contributed by atoms with van der Waals surface area (Å²) in [5.74, 6) is 0.686. The average molecular weight is 295 g/mol. The van der Waals surface area contributed by atoms with Gasteiger partial charge in [-0.15, -0.1) is 0 Å². The summed E-state index contributed by atoms with van der Waals surface area (Å²) in [7, 11) is 1.59. The smallest absolute Gasteiger partial charge is 0.124 e. The van der Waals surface area contributed by atoms with Gasteiger partial charge in [-0.1, -0.05) is 0 Å². The summed E-state index contributed by atoms with van der Waals surface area (Å²) in [5.41, 5.74) is 6.86. The standard InChI is InChI=1S/C11H11BrN4O/c1-17-8-2-3-9(11(13)14)10(4-8)16-6-7(12)5-15-16/h2-6H,1H3,(H3,13,14). The van der Waals surface area contributed by atoms with Crippen LogP contribution in [0.15, 0.2) is 35.1 Å². The maximum Gasteiger partial charge on any atom is 0.124 e. The Bertz CT molecular complexity index is 564. The van der Waals surface area contributed by atoms with E-state index in [0.29, 0.717) is 17.0 Å². The van der Waals surface area contributed by atoms with Gasteiger partial charge in [0, 0.05) is 17.8 Å². The minimum Gasteiger partial charge on any atom is -0.497 e. The molecule has 1 heterocycles. The summed E-state index contributed by atoms with van der Waals surface area (Å²) in [6.45, 7) is 0. The number of nitrogen functional groups attached to an aromatic ring is 1. The summed E-state index contributed by atoms with van der Waals surface area (Å²) < 4.78 is 7.65. The lowest BCUT2D eigenvalue weighted by Crippen LogP contribution is -2.15. The highest BCUT2D eigenvalue weighted by Crippen LogP contribution is 2.22. The molecule has 0 aliphatic carbocycles. The van der Waals surface area contributed by atoms with Crippen LogP contribution in [0.25, 0.3) is 5.69 Å². The number of nitrogens with two attached hydrogens (primary N) is 1. The number of hydrogen-bond acceptors (Lipinski definition) is 3. The van der Waals surface area contributed by atoms with Gasteiger partial charge in [0.2, 0.25) is 0 Å². The molecule has 0 bridgehead atoms. The molecular formula is C11H11BrN4O. The molecule has 6 heteroatoms. The van der Waals surface area contributed by atoms with Gasteiger partial charge in [-0.2, -0.15) is 5.10 Å². The molecule has 2 aromatic rings. The molecule has 0 saturated carbocycles. The highest BCUT2D eigenvalue weighted by molar-refractivity contribution is 9.10. The summed E-state index contributed by atoms with van der Waals surface area (Å²) in [5, 5.41) is 11.7. The second kappa shape index (κ2) is 4.58. The minimum absolute atomic E-state index is 0.00530. The van der Waals surface area contributed by atoms with Gasteiger partial charge < -0.3 is 10.5 Å². The van der Waals surface area contributed by atoms with Crippen molar-refractivity contribution in [1.82, 2.24) is 9.78 Å². The number of nitrogens with zero attached hydrogens (tertiary/aromatic N) is 2. The van der Waals surface area contributed by atoms with Crippen molar-refractivity contribution >= 4 is 21.8 Å².